The lowest BCUT2D eigenvalue weighted by molar-refractivity contribution is 0.313. The molecule has 0 radical (unpaired) electrons. The minimum absolute atomic E-state index is 0.932. The van der Waals surface area contributed by atoms with Crippen molar-refractivity contribution in [1.29, 1.82) is 0 Å². The minimum atomic E-state index is 0.932. The van der Waals surface area contributed by atoms with Gasteiger partial charge in [0.05, 0.1) is 11.4 Å². The van der Waals surface area contributed by atoms with E-state index in [9.17, 15) is 0 Å². The van der Waals surface area contributed by atoms with Crippen molar-refractivity contribution < 1.29 is 0 Å². The number of nitrogens with zero attached hydrogens (tertiary/aromatic N) is 4. The predicted molar refractivity (Wildman–Crippen MR) is 136 cm³/mol. The van der Waals surface area contributed by atoms with E-state index < -0.39 is 0 Å². The molecule has 0 amide bonds. The molecule has 2 aliphatic heterocycles. The van der Waals surface area contributed by atoms with Gasteiger partial charge in [-0.1, -0.05) is 36.4 Å². The van der Waals surface area contributed by atoms with E-state index in [0.29, 0.717) is 0 Å². The lowest BCUT2D eigenvalue weighted by atomic mass is 10.1. The number of anilines is 2. The smallest absolute Gasteiger partial charge is 0.0854 e. The van der Waals surface area contributed by atoms with E-state index in [1.807, 2.05) is 0 Å². The van der Waals surface area contributed by atoms with Gasteiger partial charge in [-0.25, -0.2) is 0 Å². The van der Waals surface area contributed by atoms with Gasteiger partial charge in [-0.15, -0.1) is 0 Å². The SMILES string of the molecule is CN1CCN(c2ccc(/C=C/c3cc(/C=C/c4ccc5c(c4)N(C)CC5)[nH]n3)cc2)CC1. The second kappa shape index (κ2) is 9.05. The Morgan fingerprint density at radius 2 is 1.53 bits per heavy atom. The first-order valence-corrected chi connectivity index (χ1v) is 11.4. The van der Waals surface area contributed by atoms with E-state index >= 15 is 0 Å². The zero-order chi connectivity index (χ0) is 21.9. The Kier molecular flexibility index (Phi) is 5.82. The molecule has 5 heteroatoms. The summed E-state index contributed by atoms with van der Waals surface area (Å²) < 4.78 is 0. The highest BCUT2D eigenvalue weighted by atomic mass is 15.2. The molecule has 2 aliphatic rings. The topological polar surface area (TPSA) is 38.4 Å². The number of nitrogens with one attached hydrogen (secondary N) is 1. The van der Waals surface area contributed by atoms with Crippen molar-refractivity contribution in [2.75, 3.05) is 56.6 Å². The van der Waals surface area contributed by atoms with Crippen molar-refractivity contribution in [3.63, 3.8) is 0 Å². The molecule has 1 aromatic heterocycles. The number of hydrogen-bond donors (Lipinski definition) is 1. The fraction of sp³-hybridized carbons (Fsp3) is 0.296. The molecule has 3 aromatic rings. The summed E-state index contributed by atoms with van der Waals surface area (Å²) in [5.74, 6) is 0. The summed E-state index contributed by atoms with van der Waals surface area (Å²) in [4.78, 5) is 7.16. The van der Waals surface area contributed by atoms with Crippen LogP contribution in [0.2, 0.25) is 0 Å². The van der Waals surface area contributed by atoms with Gasteiger partial charge in [0.25, 0.3) is 0 Å². The zero-order valence-corrected chi connectivity index (χ0v) is 19.0. The molecular formula is C27H31N5. The molecule has 0 saturated carbocycles. The summed E-state index contributed by atoms with van der Waals surface area (Å²) in [5.41, 5.74) is 8.43. The van der Waals surface area contributed by atoms with Crippen molar-refractivity contribution in [2.24, 2.45) is 0 Å². The largest absolute Gasteiger partial charge is 0.374 e. The highest BCUT2D eigenvalue weighted by molar-refractivity contribution is 5.74. The van der Waals surface area contributed by atoms with Crippen LogP contribution < -0.4 is 9.80 Å². The maximum absolute atomic E-state index is 4.43. The van der Waals surface area contributed by atoms with Crippen LogP contribution >= 0.6 is 0 Å². The van der Waals surface area contributed by atoms with Crippen LogP contribution in [0.4, 0.5) is 11.4 Å². The fourth-order valence-electron chi connectivity index (χ4n) is 4.41. The number of fused-ring (bicyclic) bond motifs is 1. The van der Waals surface area contributed by atoms with Crippen LogP contribution in [-0.4, -0.2) is 61.9 Å². The Bertz CT molecular complexity index is 1120. The number of piperazine rings is 1. The summed E-state index contributed by atoms with van der Waals surface area (Å²) in [6.07, 6.45) is 9.55. The van der Waals surface area contributed by atoms with Gasteiger partial charge in [0, 0.05) is 51.1 Å². The van der Waals surface area contributed by atoms with E-state index in [1.165, 1.54) is 28.1 Å². The molecule has 1 saturated heterocycles. The Hall–Kier alpha value is -3.31. The third-order valence-electron chi connectivity index (χ3n) is 6.52. The van der Waals surface area contributed by atoms with Crippen LogP contribution in [-0.2, 0) is 6.42 Å². The highest BCUT2D eigenvalue weighted by Gasteiger charge is 2.15. The van der Waals surface area contributed by atoms with E-state index in [1.54, 1.807) is 0 Å². The van der Waals surface area contributed by atoms with E-state index in [2.05, 4.69) is 112 Å². The molecule has 5 rings (SSSR count). The molecule has 1 fully saturated rings. The first-order chi connectivity index (χ1) is 15.6. The zero-order valence-electron chi connectivity index (χ0n) is 19.0. The molecule has 0 spiro atoms. The lowest BCUT2D eigenvalue weighted by Crippen LogP contribution is -2.44. The number of H-pyrrole nitrogens is 1. The van der Waals surface area contributed by atoms with E-state index in [-0.39, 0.29) is 0 Å². The third kappa shape index (κ3) is 4.63. The third-order valence-corrected chi connectivity index (χ3v) is 6.52. The quantitative estimate of drug-likeness (QED) is 0.654. The van der Waals surface area contributed by atoms with Crippen molar-refractivity contribution in [3.8, 4) is 0 Å². The molecule has 5 nitrogen and oxygen atoms in total. The van der Waals surface area contributed by atoms with Gasteiger partial charge in [-0.05, 0) is 66.6 Å². The average molecular weight is 426 g/mol. The summed E-state index contributed by atoms with van der Waals surface area (Å²) in [5, 5.41) is 7.55. The van der Waals surface area contributed by atoms with Crippen LogP contribution in [0.25, 0.3) is 24.3 Å². The van der Waals surface area contributed by atoms with Crippen LogP contribution in [0.3, 0.4) is 0 Å². The maximum atomic E-state index is 4.43. The standard InChI is InChI=1S/C27H31N5/c1-30-15-17-32(18-16-30)26-11-6-21(7-12-26)4-9-24-20-25(29-28-24)10-5-22-3-8-23-13-14-31(2)27(23)19-22/h3-12,19-20H,13-18H2,1-2H3,(H,28,29)/b9-4+,10-5+. The molecule has 0 atom stereocenters. The second-order valence-electron chi connectivity index (χ2n) is 8.86. The predicted octanol–water partition coefficient (Wildman–Crippen LogP) is 4.49. The highest BCUT2D eigenvalue weighted by Crippen LogP contribution is 2.28. The van der Waals surface area contributed by atoms with Crippen LogP contribution in [0.1, 0.15) is 28.1 Å². The molecule has 0 bridgehead atoms. The molecule has 164 valence electrons. The first kappa shape index (κ1) is 20.6. The number of benzene rings is 2. The summed E-state index contributed by atoms with van der Waals surface area (Å²) >= 11 is 0. The molecule has 0 aliphatic carbocycles. The Morgan fingerprint density at radius 3 is 2.34 bits per heavy atom. The number of likely N-dealkylation sites (N-methyl/N-ethyl adjacent to an activating group) is 2. The summed E-state index contributed by atoms with van der Waals surface area (Å²) in [7, 11) is 4.35. The Balaban J connectivity index is 1.21. The summed E-state index contributed by atoms with van der Waals surface area (Å²) in [6.45, 7) is 5.55. The number of rotatable bonds is 5. The number of aromatic nitrogens is 2. The number of hydrogen-bond acceptors (Lipinski definition) is 4. The monoisotopic (exact) mass is 425 g/mol. The van der Waals surface area contributed by atoms with Crippen molar-refractivity contribution in [1.82, 2.24) is 15.1 Å². The molecule has 32 heavy (non-hydrogen) atoms. The molecular weight excluding hydrogens is 394 g/mol. The second-order valence-corrected chi connectivity index (χ2v) is 8.86. The van der Waals surface area contributed by atoms with Gasteiger partial charge < -0.3 is 14.7 Å². The van der Waals surface area contributed by atoms with Gasteiger partial charge in [-0.2, -0.15) is 5.10 Å². The van der Waals surface area contributed by atoms with Crippen molar-refractivity contribution in [3.05, 3.63) is 76.6 Å². The maximum Gasteiger partial charge on any atom is 0.0854 e. The van der Waals surface area contributed by atoms with Gasteiger partial charge in [0.15, 0.2) is 0 Å². The Morgan fingerprint density at radius 1 is 0.781 bits per heavy atom. The lowest BCUT2D eigenvalue weighted by Gasteiger charge is -2.34. The fourth-order valence-corrected chi connectivity index (χ4v) is 4.41. The molecule has 1 N–H and O–H groups in total. The summed E-state index contributed by atoms with van der Waals surface area (Å²) in [6, 6.07) is 17.6. The minimum Gasteiger partial charge on any atom is -0.374 e. The van der Waals surface area contributed by atoms with Crippen molar-refractivity contribution >= 4 is 35.7 Å². The van der Waals surface area contributed by atoms with Crippen molar-refractivity contribution in [2.45, 2.75) is 6.42 Å². The molecule has 3 heterocycles. The van der Waals surface area contributed by atoms with Crippen LogP contribution in [0.5, 0.6) is 0 Å². The number of aromatic amines is 1. The Labute approximate surface area is 190 Å². The normalized spacial score (nSPS) is 17.1. The van der Waals surface area contributed by atoms with Crippen LogP contribution in [0, 0.1) is 0 Å². The molecule has 0 unspecified atom stereocenters. The first-order valence-electron chi connectivity index (χ1n) is 11.4. The van der Waals surface area contributed by atoms with Gasteiger partial charge in [-0.3, -0.25) is 5.10 Å². The van der Waals surface area contributed by atoms with E-state index in [0.717, 1.165) is 50.5 Å². The van der Waals surface area contributed by atoms with E-state index in [4.69, 9.17) is 0 Å². The molecule has 2 aromatic carbocycles. The van der Waals surface area contributed by atoms with Crippen LogP contribution in [0.15, 0.2) is 48.5 Å². The van der Waals surface area contributed by atoms with Gasteiger partial charge in [0.1, 0.15) is 0 Å². The average Bonchev–Trinajstić information content (AvgIpc) is 3.44. The van der Waals surface area contributed by atoms with Gasteiger partial charge >= 0.3 is 0 Å². The van der Waals surface area contributed by atoms with Gasteiger partial charge in [0.2, 0.25) is 0 Å².